The Kier molecular flexibility index (Phi) is 6.11. The van der Waals surface area contributed by atoms with Gasteiger partial charge in [0.2, 0.25) is 0 Å². The van der Waals surface area contributed by atoms with E-state index in [1.807, 2.05) is 0 Å². The fourth-order valence-electron chi connectivity index (χ4n) is 1.81. The number of esters is 1. The van der Waals surface area contributed by atoms with Crippen molar-refractivity contribution in [3.8, 4) is 0 Å². The second kappa shape index (κ2) is 7.38. The molecule has 0 bridgehead atoms. The van der Waals surface area contributed by atoms with Crippen molar-refractivity contribution in [3.05, 3.63) is 29.6 Å². The molecule has 6 heteroatoms. The van der Waals surface area contributed by atoms with Crippen LogP contribution in [0.3, 0.4) is 0 Å². The molecule has 1 rings (SSSR count). The van der Waals surface area contributed by atoms with Gasteiger partial charge in [-0.3, -0.25) is 0 Å². The molecule has 0 aliphatic carbocycles. The highest BCUT2D eigenvalue weighted by molar-refractivity contribution is 5.90. The second-order valence-electron chi connectivity index (χ2n) is 5.60. The van der Waals surface area contributed by atoms with Crippen LogP contribution in [0.15, 0.2) is 18.2 Å². The van der Waals surface area contributed by atoms with Crippen LogP contribution in [0.1, 0.15) is 31.1 Å². The molecule has 0 unspecified atom stereocenters. The number of nitrogens with zero attached hydrogens (tertiary/aromatic N) is 1. The second-order valence-corrected chi connectivity index (χ2v) is 5.60. The predicted molar refractivity (Wildman–Crippen MR) is 78.0 cm³/mol. The molecule has 0 aliphatic heterocycles. The van der Waals surface area contributed by atoms with Gasteiger partial charge in [-0.2, -0.15) is 0 Å². The SMILES string of the molecule is CC(C)(C)OC(=O)c1ccc(N(CCO)CCO)cc1F. The van der Waals surface area contributed by atoms with Gasteiger partial charge < -0.3 is 19.8 Å². The molecule has 0 heterocycles. The number of carbonyl (C=O) groups is 1. The number of rotatable bonds is 6. The summed E-state index contributed by atoms with van der Waals surface area (Å²) in [6, 6.07) is 4.11. The molecular formula is C15H22FNO4. The summed E-state index contributed by atoms with van der Waals surface area (Å²) in [6.45, 7) is 5.44. The van der Waals surface area contributed by atoms with Gasteiger partial charge >= 0.3 is 5.97 Å². The minimum atomic E-state index is -0.720. The van der Waals surface area contributed by atoms with Gasteiger partial charge in [-0.15, -0.1) is 0 Å². The number of aliphatic hydroxyl groups is 2. The highest BCUT2D eigenvalue weighted by Crippen LogP contribution is 2.21. The van der Waals surface area contributed by atoms with Crippen LogP contribution in [-0.2, 0) is 4.74 Å². The summed E-state index contributed by atoms with van der Waals surface area (Å²) in [4.78, 5) is 13.5. The highest BCUT2D eigenvalue weighted by atomic mass is 19.1. The first-order chi connectivity index (χ1) is 9.78. The Balaban J connectivity index is 2.96. The molecular weight excluding hydrogens is 277 g/mol. The van der Waals surface area contributed by atoms with Crippen LogP contribution in [-0.4, -0.2) is 48.1 Å². The number of benzene rings is 1. The molecule has 1 aromatic rings. The Hall–Kier alpha value is -1.66. The van der Waals surface area contributed by atoms with Crippen LogP contribution >= 0.6 is 0 Å². The molecule has 2 N–H and O–H groups in total. The summed E-state index contributed by atoms with van der Waals surface area (Å²) in [5.41, 5.74) is -0.341. The summed E-state index contributed by atoms with van der Waals surface area (Å²) < 4.78 is 19.2. The lowest BCUT2D eigenvalue weighted by molar-refractivity contribution is 0.00647. The average Bonchev–Trinajstić information content (AvgIpc) is 2.36. The number of carbonyl (C=O) groups excluding carboxylic acids is 1. The maximum atomic E-state index is 14.1. The first-order valence-corrected chi connectivity index (χ1v) is 6.78. The zero-order valence-corrected chi connectivity index (χ0v) is 12.6. The van der Waals surface area contributed by atoms with Crippen molar-refractivity contribution in [2.75, 3.05) is 31.2 Å². The lowest BCUT2D eigenvalue weighted by Gasteiger charge is -2.24. The van der Waals surface area contributed by atoms with Crippen LogP contribution in [0.4, 0.5) is 10.1 Å². The molecule has 0 saturated heterocycles. The van der Waals surface area contributed by atoms with E-state index in [-0.39, 0.29) is 31.9 Å². The predicted octanol–water partition coefficient (Wildman–Crippen LogP) is 1.57. The van der Waals surface area contributed by atoms with E-state index >= 15 is 0 Å². The molecule has 0 aliphatic rings. The Labute approximate surface area is 124 Å². The minimum absolute atomic E-state index is 0.116. The van der Waals surface area contributed by atoms with Crippen molar-refractivity contribution in [2.24, 2.45) is 0 Å². The third kappa shape index (κ3) is 5.32. The lowest BCUT2D eigenvalue weighted by atomic mass is 10.1. The van der Waals surface area contributed by atoms with Crippen LogP contribution in [0.5, 0.6) is 0 Å². The van der Waals surface area contributed by atoms with Crippen LogP contribution < -0.4 is 4.90 Å². The molecule has 5 nitrogen and oxygen atoms in total. The van der Waals surface area contributed by atoms with Gasteiger partial charge in [0.05, 0.1) is 18.8 Å². The van der Waals surface area contributed by atoms with Crippen LogP contribution in [0.2, 0.25) is 0 Å². The van der Waals surface area contributed by atoms with Gasteiger partial charge in [-0.25, -0.2) is 9.18 Å². The van der Waals surface area contributed by atoms with E-state index in [4.69, 9.17) is 14.9 Å². The van der Waals surface area contributed by atoms with Crippen LogP contribution in [0, 0.1) is 5.82 Å². The number of hydrogen-bond acceptors (Lipinski definition) is 5. The topological polar surface area (TPSA) is 70.0 Å². The molecule has 0 radical (unpaired) electrons. The van der Waals surface area contributed by atoms with Gasteiger partial charge in [0.15, 0.2) is 0 Å². The van der Waals surface area contributed by atoms with Gasteiger partial charge in [0.1, 0.15) is 11.4 Å². The van der Waals surface area contributed by atoms with E-state index < -0.39 is 17.4 Å². The van der Waals surface area contributed by atoms with Gasteiger partial charge in [0.25, 0.3) is 0 Å². The molecule has 0 aromatic heterocycles. The maximum Gasteiger partial charge on any atom is 0.341 e. The molecule has 0 spiro atoms. The molecule has 1 aromatic carbocycles. The van der Waals surface area contributed by atoms with Crippen molar-refractivity contribution in [3.63, 3.8) is 0 Å². The smallest absolute Gasteiger partial charge is 0.341 e. The third-order valence-electron chi connectivity index (χ3n) is 2.68. The lowest BCUT2D eigenvalue weighted by Crippen LogP contribution is -2.30. The standard InChI is InChI=1S/C15H22FNO4/c1-15(2,3)21-14(20)12-5-4-11(10-13(12)16)17(6-8-18)7-9-19/h4-5,10,18-19H,6-9H2,1-3H3. The van der Waals surface area contributed by atoms with E-state index in [1.54, 1.807) is 31.7 Å². The van der Waals surface area contributed by atoms with Crippen molar-refractivity contribution in [1.29, 1.82) is 0 Å². The van der Waals surface area contributed by atoms with Gasteiger partial charge in [0, 0.05) is 18.8 Å². The number of hydrogen-bond donors (Lipinski definition) is 2. The molecule has 21 heavy (non-hydrogen) atoms. The fraction of sp³-hybridized carbons (Fsp3) is 0.533. The number of halogens is 1. The molecule has 0 atom stereocenters. The van der Waals surface area contributed by atoms with E-state index in [9.17, 15) is 9.18 Å². The maximum absolute atomic E-state index is 14.1. The van der Waals surface area contributed by atoms with Crippen LogP contribution in [0.25, 0.3) is 0 Å². The molecule has 0 fully saturated rings. The van der Waals surface area contributed by atoms with Gasteiger partial charge in [-0.05, 0) is 39.0 Å². The Morgan fingerprint density at radius 2 is 1.81 bits per heavy atom. The Morgan fingerprint density at radius 3 is 2.24 bits per heavy atom. The average molecular weight is 299 g/mol. The summed E-state index contributed by atoms with van der Waals surface area (Å²) in [5, 5.41) is 17.9. The van der Waals surface area contributed by atoms with Gasteiger partial charge in [-0.1, -0.05) is 0 Å². The molecule has 0 amide bonds. The van der Waals surface area contributed by atoms with Crippen molar-refractivity contribution < 1.29 is 24.1 Å². The molecule has 0 saturated carbocycles. The Morgan fingerprint density at radius 1 is 1.24 bits per heavy atom. The fourth-order valence-corrected chi connectivity index (χ4v) is 1.81. The van der Waals surface area contributed by atoms with Crippen molar-refractivity contribution in [1.82, 2.24) is 0 Å². The molecule has 118 valence electrons. The highest BCUT2D eigenvalue weighted by Gasteiger charge is 2.21. The van der Waals surface area contributed by atoms with E-state index in [1.165, 1.54) is 12.1 Å². The zero-order chi connectivity index (χ0) is 16.0. The monoisotopic (exact) mass is 299 g/mol. The number of aliphatic hydroxyl groups excluding tert-OH is 2. The van der Waals surface area contributed by atoms with Crippen molar-refractivity contribution in [2.45, 2.75) is 26.4 Å². The first-order valence-electron chi connectivity index (χ1n) is 6.78. The Bertz CT molecular complexity index is 479. The quantitative estimate of drug-likeness (QED) is 0.780. The summed E-state index contributed by atoms with van der Waals surface area (Å²) >= 11 is 0. The first kappa shape index (κ1) is 17.4. The zero-order valence-electron chi connectivity index (χ0n) is 12.6. The number of anilines is 1. The van der Waals surface area contributed by atoms with E-state index in [2.05, 4.69) is 0 Å². The summed E-state index contributed by atoms with van der Waals surface area (Å²) in [7, 11) is 0. The normalized spacial score (nSPS) is 11.3. The van der Waals surface area contributed by atoms with E-state index in [0.717, 1.165) is 0 Å². The number of ether oxygens (including phenoxy) is 1. The third-order valence-corrected chi connectivity index (χ3v) is 2.68. The van der Waals surface area contributed by atoms with Crippen molar-refractivity contribution >= 4 is 11.7 Å². The summed E-state index contributed by atoms with van der Waals surface area (Å²) in [5.74, 6) is -1.41. The summed E-state index contributed by atoms with van der Waals surface area (Å²) in [6.07, 6.45) is 0. The van der Waals surface area contributed by atoms with E-state index in [0.29, 0.717) is 5.69 Å². The largest absolute Gasteiger partial charge is 0.456 e. The minimum Gasteiger partial charge on any atom is -0.456 e.